The van der Waals surface area contributed by atoms with E-state index in [0.717, 1.165) is 21.2 Å². The molecule has 156 valence electrons. The van der Waals surface area contributed by atoms with Crippen molar-refractivity contribution in [1.82, 2.24) is 19.9 Å². The van der Waals surface area contributed by atoms with Crippen LogP contribution >= 0.6 is 23.4 Å². The molecule has 0 bridgehead atoms. The van der Waals surface area contributed by atoms with E-state index in [4.69, 9.17) is 11.6 Å². The number of sulfonamides is 1. The second kappa shape index (κ2) is 8.55. The summed E-state index contributed by atoms with van der Waals surface area (Å²) in [6.45, 7) is 6.51. The van der Waals surface area contributed by atoms with Gasteiger partial charge in [-0.1, -0.05) is 43.3 Å². The number of thioether (sulfide) groups is 1. The third-order valence-electron chi connectivity index (χ3n) is 4.46. The van der Waals surface area contributed by atoms with Gasteiger partial charge in [-0.2, -0.15) is 4.72 Å². The minimum absolute atomic E-state index is 0.166. The lowest BCUT2D eigenvalue weighted by molar-refractivity contribution is 0.136. The zero-order chi connectivity index (χ0) is 21.2. The van der Waals surface area contributed by atoms with Crippen molar-refractivity contribution in [1.29, 1.82) is 0 Å². The Hall–Kier alpha value is -1.74. The maximum atomic E-state index is 12.1. The molecular formula is C20H25ClN4O2S2. The molecule has 1 aromatic carbocycles. The smallest absolute Gasteiger partial charge is 0.212 e. The summed E-state index contributed by atoms with van der Waals surface area (Å²) in [5.41, 5.74) is 2.00. The first kappa shape index (κ1) is 22.0. The van der Waals surface area contributed by atoms with E-state index in [9.17, 15) is 8.42 Å². The second-order valence-corrected chi connectivity index (χ2v) is 10.7. The van der Waals surface area contributed by atoms with Gasteiger partial charge in [0, 0.05) is 34.6 Å². The van der Waals surface area contributed by atoms with E-state index in [1.54, 1.807) is 24.2 Å². The number of aromatic nitrogens is 1. The quantitative estimate of drug-likeness (QED) is 0.661. The zero-order valence-corrected chi connectivity index (χ0v) is 19.2. The van der Waals surface area contributed by atoms with Gasteiger partial charge in [-0.05, 0) is 48.7 Å². The molecule has 1 atom stereocenters. The maximum absolute atomic E-state index is 12.1. The van der Waals surface area contributed by atoms with Crippen molar-refractivity contribution in [2.45, 2.75) is 38.0 Å². The van der Waals surface area contributed by atoms with Gasteiger partial charge in [0.25, 0.3) is 0 Å². The van der Waals surface area contributed by atoms with E-state index in [1.165, 1.54) is 6.26 Å². The first-order valence-electron chi connectivity index (χ1n) is 9.19. The molecule has 1 unspecified atom stereocenters. The number of rotatable bonds is 7. The van der Waals surface area contributed by atoms with Crippen LogP contribution in [-0.2, 0) is 16.6 Å². The van der Waals surface area contributed by atoms with E-state index >= 15 is 0 Å². The molecule has 3 rings (SSSR count). The van der Waals surface area contributed by atoms with Gasteiger partial charge in [0.1, 0.15) is 0 Å². The lowest BCUT2D eigenvalue weighted by Gasteiger charge is -2.38. The Morgan fingerprint density at radius 2 is 1.97 bits per heavy atom. The standard InChI is InChI=1S/C20H25ClN4O2S2/c1-14(2)18-19(28-17-7-5-6-16(21)12-17)25(13-15-8-10-22-11-9-15)20(3,23-18)24-29(4,26)27/h5-12,14,23-24H,13H2,1-4H3. The third kappa shape index (κ3) is 5.45. The molecule has 0 spiro atoms. The summed E-state index contributed by atoms with van der Waals surface area (Å²) in [7, 11) is -3.47. The van der Waals surface area contributed by atoms with Crippen LogP contribution in [0.15, 0.2) is 64.4 Å². The van der Waals surface area contributed by atoms with Crippen LogP contribution in [-0.4, -0.2) is 30.3 Å². The van der Waals surface area contributed by atoms with Crippen molar-refractivity contribution >= 4 is 33.4 Å². The fourth-order valence-corrected chi connectivity index (χ4v) is 5.67. The Balaban J connectivity index is 2.06. The Labute approximate surface area is 181 Å². The number of pyridine rings is 1. The first-order valence-corrected chi connectivity index (χ1v) is 12.3. The van der Waals surface area contributed by atoms with Gasteiger partial charge in [-0.3, -0.25) is 4.98 Å². The van der Waals surface area contributed by atoms with Gasteiger partial charge in [0.15, 0.2) is 5.79 Å². The highest BCUT2D eigenvalue weighted by atomic mass is 35.5. The number of benzene rings is 1. The van der Waals surface area contributed by atoms with Crippen LogP contribution in [0.1, 0.15) is 26.3 Å². The monoisotopic (exact) mass is 452 g/mol. The Bertz CT molecular complexity index is 1010. The largest absolute Gasteiger partial charge is 0.351 e. The van der Waals surface area contributed by atoms with Crippen LogP contribution in [0.4, 0.5) is 0 Å². The lowest BCUT2D eigenvalue weighted by atomic mass is 10.1. The summed E-state index contributed by atoms with van der Waals surface area (Å²) in [5, 5.41) is 5.04. The van der Waals surface area contributed by atoms with E-state index in [2.05, 4.69) is 28.9 Å². The summed E-state index contributed by atoms with van der Waals surface area (Å²) in [5.74, 6) is -0.836. The first-order chi connectivity index (χ1) is 13.6. The molecule has 0 amide bonds. The van der Waals surface area contributed by atoms with Crippen LogP contribution < -0.4 is 10.0 Å². The zero-order valence-electron chi connectivity index (χ0n) is 16.8. The highest BCUT2D eigenvalue weighted by Crippen LogP contribution is 2.42. The second-order valence-electron chi connectivity index (χ2n) is 7.45. The summed E-state index contributed by atoms with van der Waals surface area (Å²) < 4.78 is 27.1. The molecule has 29 heavy (non-hydrogen) atoms. The topological polar surface area (TPSA) is 74.3 Å². The van der Waals surface area contributed by atoms with Crippen molar-refractivity contribution in [3.8, 4) is 0 Å². The molecule has 0 saturated carbocycles. The summed E-state index contributed by atoms with van der Waals surface area (Å²) in [4.78, 5) is 7.11. The van der Waals surface area contributed by atoms with Gasteiger partial charge in [0.2, 0.25) is 10.0 Å². The van der Waals surface area contributed by atoms with E-state index in [1.807, 2.05) is 48.2 Å². The third-order valence-corrected chi connectivity index (χ3v) is 6.58. The van der Waals surface area contributed by atoms with Crippen LogP contribution in [0, 0.1) is 5.92 Å². The van der Waals surface area contributed by atoms with Gasteiger partial charge < -0.3 is 10.2 Å². The molecule has 1 aromatic heterocycles. The van der Waals surface area contributed by atoms with E-state index in [-0.39, 0.29) is 5.92 Å². The summed E-state index contributed by atoms with van der Waals surface area (Å²) in [6, 6.07) is 11.5. The number of halogens is 1. The average Bonchev–Trinajstić information content (AvgIpc) is 2.87. The number of nitrogens with one attached hydrogen (secondary N) is 2. The van der Waals surface area contributed by atoms with Crippen molar-refractivity contribution in [3.05, 3.63) is 70.1 Å². The molecule has 0 aliphatic carbocycles. The highest BCUT2D eigenvalue weighted by Gasteiger charge is 2.44. The lowest BCUT2D eigenvalue weighted by Crippen LogP contribution is -2.61. The summed E-state index contributed by atoms with van der Waals surface area (Å²) in [6.07, 6.45) is 4.63. The normalized spacial score (nSPS) is 19.7. The molecule has 2 heterocycles. The minimum atomic E-state index is -3.47. The molecule has 0 fully saturated rings. The SMILES string of the molecule is CC(C)C1=C(Sc2cccc(Cl)c2)N(Cc2ccncc2)C(C)(NS(C)(=O)=O)N1. The van der Waals surface area contributed by atoms with Gasteiger partial charge in [0.05, 0.1) is 11.3 Å². The van der Waals surface area contributed by atoms with Crippen molar-refractivity contribution in [2.75, 3.05) is 6.26 Å². The van der Waals surface area contributed by atoms with Crippen LogP contribution in [0.25, 0.3) is 0 Å². The maximum Gasteiger partial charge on any atom is 0.212 e. The highest BCUT2D eigenvalue weighted by molar-refractivity contribution is 8.03. The van der Waals surface area contributed by atoms with Crippen molar-refractivity contribution < 1.29 is 8.42 Å². The molecule has 9 heteroatoms. The van der Waals surface area contributed by atoms with Gasteiger partial charge in [-0.15, -0.1) is 0 Å². The molecule has 1 aliphatic rings. The molecule has 1 aliphatic heterocycles. The predicted molar refractivity (Wildman–Crippen MR) is 118 cm³/mol. The fourth-order valence-electron chi connectivity index (χ4n) is 3.22. The van der Waals surface area contributed by atoms with Crippen LogP contribution in [0.5, 0.6) is 0 Å². The average molecular weight is 453 g/mol. The number of nitrogens with zero attached hydrogens (tertiary/aromatic N) is 2. The van der Waals surface area contributed by atoms with Gasteiger partial charge >= 0.3 is 0 Å². The van der Waals surface area contributed by atoms with Crippen molar-refractivity contribution in [2.24, 2.45) is 5.92 Å². The Morgan fingerprint density at radius 3 is 2.55 bits per heavy atom. The van der Waals surface area contributed by atoms with Gasteiger partial charge in [-0.25, -0.2) is 8.42 Å². The molecular weight excluding hydrogens is 428 g/mol. The molecule has 6 nitrogen and oxygen atoms in total. The Morgan fingerprint density at radius 1 is 1.28 bits per heavy atom. The molecule has 2 aromatic rings. The van der Waals surface area contributed by atoms with E-state index < -0.39 is 15.8 Å². The number of hydrogen-bond acceptors (Lipinski definition) is 6. The predicted octanol–water partition coefficient (Wildman–Crippen LogP) is 3.98. The Kier molecular flexibility index (Phi) is 6.48. The number of allylic oxidation sites excluding steroid dienone is 1. The molecule has 2 N–H and O–H groups in total. The minimum Gasteiger partial charge on any atom is -0.351 e. The number of hydrogen-bond donors (Lipinski definition) is 2. The van der Waals surface area contributed by atoms with Crippen LogP contribution in [0.2, 0.25) is 5.02 Å². The van der Waals surface area contributed by atoms with Crippen molar-refractivity contribution in [3.63, 3.8) is 0 Å². The van der Waals surface area contributed by atoms with Crippen LogP contribution in [0.3, 0.4) is 0 Å². The fraction of sp³-hybridized carbons (Fsp3) is 0.350. The van der Waals surface area contributed by atoms with E-state index in [0.29, 0.717) is 11.6 Å². The summed E-state index contributed by atoms with van der Waals surface area (Å²) >= 11 is 7.75. The molecule has 0 radical (unpaired) electrons. The molecule has 0 saturated heterocycles.